The van der Waals surface area contributed by atoms with Gasteiger partial charge in [-0.15, -0.1) is 0 Å². The Morgan fingerprint density at radius 3 is 2.43 bits per heavy atom. The Morgan fingerprint density at radius 2 is 1.79 bits per heavy atom. The number of anilines is 1. The molecule has 2 N–H and O–H groups in total. The number of carbonyl (C=O) groups excluding carboxylic acids is 2. The largest absolute Gasteiger partial charge is 0.497 e. The lowest BCUT2D eigenvalue weighted by Crippen LogP contribution is -2.43. The number of nitrogens with one attached hydrogen (secondary N) is 2. The zero-order valence-electron chi connectivity index (χ0n) is 16.1. The van der Waals surface area contributed by atoms with Crippen LogP contribution in [0.4, 0.5) is 5.82 Å². The summed E-state index contributed by atoms with van der Waals surface area (Å²) in [6.45, 7) is 2.63. The molecule has 1 aromatic heterocycles. The van der Waals surface area contributed by atoms with Crippen LogP contribution in [-0.2, 0) is 16.1 Å². The number of piperidine rings is 1. The molecular formula is C21H26N4O3. The second-order valence-electron chi connectivity index (χ2n) is 6.86. The van der Waals surface area contributed by atoms with Crippen molar-refractivity contribution in [3.8, 4) is 5.75 Å². The van der Waals surface area contributed by atoms with E-state index in [1.165, 1.54) is 0 Å². The van der Waals surface area contributed by atoms with Crippen LogP contribution < -0.4 is 20.3 Å². The summed E-state index contributed by atoms with van der Waals surface area (Å²) in [5.74, 6) is 0.922. The van der Waals surface area contributed by atoms with Gasteiger partial charge in [-0.25, -0.2) is 4.98 Å². The van der Waals surface area contributed by atoms with E-state index < -0.39 is 11.8 Å². The quantitative estimate of drug-likeness (QED) is 0.744. The van der Waals surface area contributed by atoms with Crippen molar-refractivity contribution in [1.82, 2.24) is 15.6 Å². The van der Waals surface area contributed by atoms with Crippen molar-refractivity contribution in [1.29, 1.82) is 0 Å². The monoisotopic (exact) mass is 382 g/mol. The Morgan fingerprint density at radius 1 is 1.07 bits per heavy atom. The van der Waals surface area contributed by atoms with E-state index in [2.05, 4.69) is 20.5 Å². The molecule has 2 amide bonds. The molecule has 0 aliphatic carbocycles. The van der Waals surface area contributed by atoms with Crippen LogP contribution in [0.2, 0.25) is 0 Å². The number of methoxy groups -OCH3 is 1. The van der Waals surface area contributed by atoms with Gasteiger partial charge in [-0.05, 0) is 48.6 Å². The maximum Gasteiger partial charge on any atom is 0.309 e. The molecule has 0 bridgehead atoms. The molecular weight excluding hydrogens is 356 g/mol. The van der Waals surface area contributed by atoms with Crippen LogP contribution in [0.5, 0.6) is 5.75 Å². The lowest BCUT2D eigenvalue weighted by molar-refractivity contribution is -0.139. The van der Waals surface area contributed by atoms with Crippen molar-refractivity contribution in [3.63, 3.8) is 0 Å². The minimum Gasteiger partial charge on any atom is -0.497 e. The standard InChI is InChI=1S/C21H26N4O3/c1-28-18-7-5-16(6-8-18)14-23-20(26)21(27)24-15-17-9-12-25(13-10-17)19-4-2-3-11-22-19/h2-8,11,17H,9-10,12-15H2,1H3,(H,23,26)(H,24,27). The third-order valence-corrected chi connectivity index (χ3v) is 4.96. The maximum absolute atomic E-state index is 12.0. The van der Waals surface area contributed by atoms with Crippen molar-refractivity contribution in [3.05, 3.63) is 54.2 Å². The number of amides is 2. The summed E-state index contributed by atoms with van der Waals surface area (Å²) in [7, 11) is 1.60. The number of aromatic nitrogens is 1. The van der Waals surface area contributed by atoms with Crippen LogP contribution in [0.25, 0.3) is 0 Å². The molecule has 1 aliphatic heterocycles. The number of carbonyl (C=O) groups is 2. The molecule has 0 spiro atoms. The number of nitrogens with zero attached hydrogens (tertiary/aromatic N) is 2. The van der Waals surface area contributed by atoms with Gasteiger partial charge in [0.1, 0.15) is 11.6 Å². The number of hydrogen-bond donors (Lipinski definition) is 2. The Bertz CT molecular complexity index is 772. The van der Waals surface area contributed by atoms with E-state index in [-0.39, 0.29) is 0 Å². The second kappa shape index (κ2) is 9.73. The first-order valence-corrected chi connectivity index (χ1v) is 9.50. The molecule has 2 aromatic rings. The highest BCUT2D eigenvalue weighted by Gasteiger charge is 2.21. The van der Waals surface area contributed by atoms with Crippen molar-refractivity contribution in [2.24, 2.45) is 5.92 Å². The second-order valence-corrected chi connectivity index (χ2v) is 6.86. The molecule has 0 atom stereocenters. The molecule has 0 unspecified atom stereocenters. The molecule has 7 nitrogen and oxygen atoms in total. The number of ether oxygens (including phenoxy) is 1. The third-order valence-electron chi connectivity index (χ3n) is 4.96. The van der Waals surface area contributed by atoms with Crippen LogP contribution in [0.1, 0.15) is 18.4 Å². The summed E-state index contributed by atoms with van der Waals surface area (Å²) in [6, 6.07) is 13.2. The lowest BCUT2D eigenvalue weighted by Gasteiger charge is -2.32. The molecule has 2 heterocycles. The number of hydrogen-bond acceptors (Lipinski definition) is 5. The smallest absolute Gasteiger partial charge is 0.309 e. The summed E-state index contributed by atoms with van der Waals surface area (Å²) >= 11 is 0. The summed E-state index contributed by atoms with van der Waals surface area (Å²) in [5, 5.41) is 5.40. The first kappa shape index (κ1) is 19.7. The minimum absolute atomic E-state index is 0.304. The highest BCUT2D eigenvalue weighted by atomic mass is 16.5. The average Bonchev–Trinajstić information content (AvgIpc) is 2.77. The van der Waals surface area contributed by atoms with Gasteiger partial charge in [0.25, 0.3) is 0 Å². The first-order chi connectivity index (χ1) is 13.7. The molecule has 1 saturated heterocycles. The number of pyridine rings is 1. The van der Waals surface area contributed by atoms with Crippen LogP contribution >= 0.6 is 0 Å². The number of benzene rings is 1. The van der Waals surface area contributed by atoms with Gasteiger partial charge < -0.3 is 20.3 Å². The van der Waals surface area contributed by atoms with Gasteiger partial charge in [0.15, 0.2) is 0 Å². The average molecular weight is 382 g/mol. The van der Waals surface area contributed by atoms with E-state index in [1.807, 2.05) is 42.5 Å². The van der Waals surface area contributed by atoms with Crippen molar-refractivity contribution >= 4 is 17.6 Å². The molecule has 1 aromatic carbocycles. The zero-order chi connectivity index (χ0) is 19.8. The minimum atomic E-state index is -0.610. The Labute approximate surface area is 165 Å². The Balaban J connectivity index is 1.36. The lowest BCUT2D eigenvalue weighted by atomic mass is 9.97. The van der Waals surface area contributed by atoms with E-state index in [0.29, 0.717) is 19.0 Å². The predicted octanol–water partition coefficient (Wildman–Crippen LogP) is 1.74. The van der Waals surface area contributed by atoms with E-state index in [1.54, 1.807) is 13.3 Å². The third kappa shape index (κ3) is 5.45. The molecule has 28 heavy (non-hydrogen) atoms. The zero-order valence-corrected chi connectivity index (χ0v) is 16.1. The van der Waals surface area contributed by atoms with Gasteiger partial charge in [-0.2, -0.15) is 0 Å². The summed E-state index contributed by atoms with van der Waals surface area (Å²) in [6.07, 6.45) is 3.72. The van der Waals surface area contributed by atoms with Gasteiger partial charge in [0.2, 0.25) is 0 Å². The summed E-state index contributed by atoms with van der Waals surface area (Å²) in [4.78, 5) is 30.6. The van der Waals surface area contributed by atoms with Crippen molar-refractivity contribution in [2.45, 2.75) is 19.4 Å². The molecule has 7 heteroatoms. The van der Waals surface area contributed by atoms with E-state index in [9.17, 15) is 9.59 Å². The van der Waals surface area contributed by atoms with Gasteiger partial charge >= 0.3 is 11.8 Å². The van der Waals surface area contributed by atoms with E-state index in [4.69, 9.17) is 4.74 Å². The van der Waals surface area contributed by atoms with Gasteiger partial charge in [-0.3, -0.25) is 9.59 Å². The van der Waals surface area contributed by atoms with E-state index >= 15 is 0 Å². The SMILES string of the molecule is COc1ccc(CNC(=O)C(=O)NCC2CCN(c3ccccn3)CC2)cc1. The topological polar surface area (TPSA) is 83.6 Å². The maximum atomic E-state index is 12.0. The highest BCUT2D eigenvalue weighted by molar-refractivity contribution is 6.35. The van der Waals surface area contributed by atoms with Crippen LogP contribution in [-0.4, -0.2) is 43.5 Å². The molecule has 1 fully saturated rings. The highest BCUT2D eigenvalue weighted by Crippen LogP contribution is 2.20. The fourth-order valence-corrected chi connectivity index (χ4v) is 3.23. The fourth-order valence-electron chi connectivity index (χ4n) is 3.23. The van der Waals surface area contributed by atoms with Crippen LogP contribution in [0, 0.1) is 5.92 Å². The van der Waals surface area contributed by atoms with Gasteiger partial charge in [-0.1, -0.05) is 18.2 Å². The Hall–Kier alpha value is -3.09. The number of rotatable bonds is 6. The molecule has 0 radical (unpaired) electrons. The fraction of sp³-hybridized carbons (Fsp3) is 0.381. The molecule has 148 valence electrons. The van der Waals surface area contributed by atoms with Crippen LogP contribution in [0.3, 0.4) is 0 Å². The predicted molar refractivity (Wildman–Crippen MR) is 107 cm³/mol. The molecule has 3 rings (SSSR count). The van der Waals surface area contributed by atoms with Gasteiger partial charge in [0.05, 0.1) is 7.11 Å². The molecule has 0 saturated carbocycles. The van der Waals surface area contributed by atoms with Gasteiger partial charge in [0, 0.05) is 32.4 Å². The molecule has 1 aliphatic rings. The van der Waals surface area contributed by atoms with Crippen molar-refractivity contribution < 1.29 is 14.3 Å². The van der Waals surface area contributed by atoms with Crippen LogP contribution in [0.15, 0.2) is 48.7 Å². The van der Waals surface area contributed by atoms with E-state index in [0.717, 1.165) is 43.1 Å². The van der Waals surface area contributed by atoms with Crippen molar-refractivity contribution in [2.75, 3.05) is 31.6 Å². The summed E-state index contributed by atoms with van der Waals surface area (Å²) in [5.41, 5.74) is 0.906. The normalized spacial score (nSPS) is 14.4. The first-order valence-electron chi connectivity index (χ1n) is 9.50. The summed E-state index contributed by atoms with van der Waals surface area (Å²) < 4.78 is 5.10. The Kier molecular flexibility index (Phi) is 6.84.